The van der Waals surface area contributed by atoms with E-state index < -0.39 is 28.6 Å². The van der Waals surface area contributed by atoms with Crippen LogP contribution in [0.25, 0.3) is 11.0 Å². The first-order chi connectivity index (χ1) is 16.3. The molecule has 5 rings (SSSR count). The monoisotopic (exact) mass is 464 g/mol. The lowest BCUT2D eigenvalue weighted by molar-refractivity contribution is -0.126. The Balaban J connectivity index is 1.78. The van der Waals surface area contributed by atoms with Gasteiger partial charge in [0.05, 0.1) is 22.7 Å². The van der Waals surface area contributed by atoms with Crippen molar-refractivity contribution in [3.63, 3.8) is 0 Å². The molecule has 2 aliphatic rings. The van der Waals surface area contributed by atoms with Gasteiger partial charge >= 0.3 is 0 Å². The Kier molecular flexibility index (Phi) is 5.28. The van der Waals surface area contributed by atoms with Crippen LogP contribution in [0.2, 0.25) is 0 Å². The Morgan fingerprint density at radius 2 is 1.88 bits per heavy atom. The van der Waals surface area contributed by atoms with Crippen LogP contribution in [-0.2, 0) is 15.1 Å². The van der Waals surface area contributed by atoms with Crippen LogP contribution in [0.4, 0.5) is 10.1 Å². The lowest BCUT2D eigenvalue weighted by Crippen LogP contribution is -2.53. The molecule has 2 aliphatic heterocycles. The summed E-state index contributed by atoms with van der Waals surface area (Å²) < 4.78 is 25.6. The lowest BCUT2D eigenvalue weighted by Gasteiger charge is -2.34. The van der Waals surface area contributed by atoms with Gasteiger partial charge in [0.25, 0.3) is 11.8 Å². The van der Waals surface area contributed by atoms with E-state index in [1.165, 1.54) is 17.0 Å². The molecular weight excluding hydrogens is 439 g/mol. The number of fused-ring (bicyclic) bond motifs is 5. The average Bonchev–Trinajstić information content (AvgIpc) is 3.21. The molecule has 0 radical (unpaired) electrons. The van der Waals surface area contributed by atoms with Crippen LogP contribution in [-0.4, -0.2) is 42.5 Å². The van der Waals surface area contributed by atoms with Gasteiger partial charge in [0.15, 0.2) is 11.0 Å². The number of likely N-dealkylation sites (N-methyl/N-ethyl adjacent to an activating group) is 1. The van der Waals surface area contributed by atoms with Gasteiger partial charge in [0.1, 0.15) is 11.4 Å². The van der Waals surface area contributed by atoms with E-state index in [1.807, 2.05) is 26.8 Å². The second-order valence-electron chi connectivity index (χ2n) is 8.78. The summed E-state index contributed by atoms with van der Waals surface area (Å²) in [5.41, 5.74) is -1.01. The quantitative estimate of drug-likeness (QED) is 0.519. The molecule has 1 aromatic heterocycles. The minimum Gasteiger partial charge on any atom is -0.450 e. The zero-order chi connectivity index (χ0) is 24.2. The normalized spacial score (nSPS) is 19.1. The van der Waals surface area contributed by atoms with Gasteiger partial charge < -0.3 is 19.0 Å². The minimum atomic E-state index is -1.67. The molecule has 0 saturated heterocycles. The third-order valence-corrected chi connectivity index (χ3v) is 6.49. The summed E-state index contributed by atoms with van der Waals surface area (Å²) in [7, 11) is 0. The van der Waals surface area contributed by atoms with Crippen molar-refractivity contribution in [2.75, 3.05) is 24.6 Å². The van der Waals surface area contributed by atoms with Gasteiger partial charge in [-0.15, -0.1) is 0 Å². The lowest BCUT2D eigenvalue weighted by atomic mass is 9.84. The zero-order valence-corrected chi connectivity index (χ0v) is 19.3. The Labute approximate surface area is 195 Å². The third-order valence-electron chi connectivity index (χ3n) is 6.49. The molecule has 2 amide bonds. The molecule has 3 heterocycles. The Hall–Kier alpha value is -3.52. The van der Waals surface area contributed by atoms with Crippen LogP contribution in [0.3, 0.4) is 0 Å². The first-order valence-corrected chi connectivity index (χ1v) is 11.4. The standard InChI is InChI=1S/C26H25FN2O5/c1-4-28-19-9-6-5-8-18(19)26(25(28)32)21-22(30)17-14-16(27)10-11-20(17)34-23(21)24(31)29(26)12-7-13-33-15(2)3/h5-6,8-11,14-15H,4,7,12-13H2,1-3H3/t26-/m0/s1. The summed E-state index contributed by atoms with van der Waals surface area (Å²) in [5.74, 6) is -1.70. The number of halogens is 1. The van der Waals surface area contributed by atoms with Crippen molar-refractivity contribution in [1.29, 1.82) is 0 Å². The van der Waals surface area contributed by atoms with E-state index in [-0.39, 0.29) is 34.9 Å². The number of carbonyl (C=O) groups is 2. The second kappa shape index (κ2) is 8.06. The molecule has 0 unspecified atom stereocenters. The van der Waals surface area contributed by atoms with Gasteiger partial charge in [-0.2, -0.15) is 0 Å². The molecule has 0 N–H and O–H groups in total. The highest BCUT2D eigenvalue weighted by atomic mass is 19.1. The van der Waals surface area contributed by atoms with Gasteiger partial charge in [0.2, 0.25) is 5.76 Å². The van der Waals surface area contributed by atoms with Crippen LogP contribution in [0.1, 0.15) is 48.9 Å². The van der Waals surface area contributed by atoms with E-state index >= 15 is 0 Å². The van der Waals surface area contributed by atoms with E-state index in [2.05, 4.69) is 0 Å². The van der Waals surface area contributed by atoms with Gasteiger partial charge in [-0.25, -0.2) is 4.39 Å². The Bertz CT molecular complexity index is 1380. The molecule has 0 fully saturated rings. The number of hydrogen-bond acceptors (Lipinski definition) is 5. The van der Waals surface area contributed by atoms with Crippen molar-refractivity contribution in [2.45, 2.75) is 38.8 Å². The van der Waals surface area contributed by atoms with Crippen LogP contribution in [0, 0.1) is 5.82 Å². The van der Waals surface area contributed by atoms with Gasteiger partial charge in [-0.05, 0) is 51.5 Å². The number of hydrogen-bond donors (Lipinski definition) is 0. The summed E-state index contributed by atoms with van der Waals surface area (Å²) in [4.78, 5) is 44.6. The first-order valence-electron chi connectivity index (χ1n) is 11.4. The molecule has 0 bridgehead atoms. The summed E-state index contributed by atoms with van der Waals surface area (Å²) in [6, 6.07) is 10.7. The van der Waals surface area contributed by atoms with E-state index in [9.17, 15) is 18.8 Å². The van der Waals surface area contributed by atoms with Crippen molar-refractivity contribution in [2.24, 2.45) is 0 Å². The molecule has 2 aromatic carbocycles. The van der Waals surface area contributed by atoms with Crippen molar-refractivity contribution >= 4 is 28.5 Å². The molecule has 3 aromatic rings. The van der Waals surface area contributed by atoms with Crippen molar-refractivity contribution in [3.8, 4) is 0 Å². The summed E-state index contributed by atoms with van der Waals surface area (Å²) >= 11 is 0. The minimum absolute atomic E-state index is 0.00357. The number of benzene rings is 2. The number of rotatable bonds is 6. The first kappa shape index (κ1) is 22.3. The fourth-order valence-electron chi connectivity index (χ4n) is 5.12. The van der Waals surface area contributed by atoms with Crippen molar-refractivity contribution < 1.29 is 23.1 Å². The molecule has 176 valence electrons. The number of anilines is 1. The third kappa shape index (κ3) is 2.94. The second-order valence-corrected chi connectivity index (χ2v) is 8.78. The summed E-state index contributed by atoms with van der Waals surface area (Å²) in [5, 5.41) is -0.00357. The molecule has 0 saturated carbocycles. The number of nitrogens with zero attached hydrogens (tertiary/aromatic N) is 2. The highest BCUT2D eigenvalue weighted by molar-refractivity contribution is 6.17. The van der Waals surface area contributed by atoms with Gasteiger partial charge in [0, 0.05) is 25.3 Å². The fraction of sp³-hybridized carbons (Fsp3) is 0.346. The number of para-hydroxylation sites is 1. The highest BCUT2D eigenvalue weighted by Gasteiger charge is 2.64. The topological polar surface area (TPSA) is 80.1 Å². The number of carbonyl (C=O) groups excluding carboxylic acids is 2. The largest absolute Gasteiger partial charge is 0.450 e. The fourth-order valence-corrected chi connectivity index (χ4v) is 5.12. The Morgan fingerprint density at radius 3 is 2.62 bits per heavy atom. The molecule has 1 spiro atoms. The Morgan fingerprint density at radius 1 is 1.12 bits per heavy atom. The van der Waals surface area contributed by atoms with Crippen LogP contribution >= 0.6 is 0 Å². The predicted octanol–water partition coefficient (Wildman–Crippen LogP) is 3.81. The van der Waals surface area contributed by atoms with Gasteiger partial charge in [-0.3, -0.25) is 14.4 Å². The van der Waals surface area contributed by atoms with E-state index in [1.54, 1.807) is 23.1 Å². The smallest absolute Gasteiger partial charge is 0.291 e. The predicted molar refractivity (Wildman–Crippen MR) is 124 cm³/mol. The van der Waals surface area contributed by atoms with E-state index in [4.69, 9.17) is 9.15 Å². The average molecular weight is 464 g/mol. The van der Waals surface area contributed by atoms with E-state index in [0.29, 0.717) is 30.8 Å². The maximum atomic E-state index is 14.1. The maximum Gasteiger partial charge on any atom is 0.291 e. The number of ether oxygens (including phenoxy) is 1. The molecule has 34 heavy (non-hydrogen) atoms. The summed E-state index contributed by atoms with van der Waals surface area (Å²) in [6.45, 7) is 6.60. The van der Waals surface area contributed by atoms with Crippen LogP contribution in [0.15, 0.2) is 51.7 Å². The molecule has 0 aliphatic carbocycles. The molecule has 7 nitrogen and oxygen atoms in total. The zero-order valence-electron chi connectivity index (χ0n) is 19.3. The molecular formula is C26H25FN2O5. The van der Waals surface area contributed by atoms with Crippen LogP contribution in [0.5, 0.6) is 0 Å². The van der Waals surface area contributed by atoms with Crippen LogP contribution < -0.4 is 10.3 Å². The summed E-state index contributed by atoms with van der Waals surface area (Å²) in [6.07, 6.45) is 0.483. The molecule has 8 heteroatoms. The number of amides is 2. The van der Waals surface area contributed by atoms with Crippen molar-refractivity contribution in [1.82, 2.24) is 4.90 Å². The SMILES string of the molecule is CCN1C(=O)[C@]2(c3ccccc31)c1c(oc3ccc(F)cc3c1=O)C(=O)N2CCCOC(C)C. The van der Waals surface area contributed by atoms with Gasteiger partial charge in [-0.1, -0.05) is 18.2 Å². The van der Waals surface area contributed by atoms with E-state index in [0.717, 1.165) is 6.07 Å². The molecule has 1 atom stereocenters. The van der Waals surface area contributed by atoms with Crippen molar-refractivity contribution in [3.05, 3.63) is 75.4 Å². The maximum absolute atomic E-state index is 14.1. The highest BCUT2D eigenvalue weighted by Crippen LogP contribution is 2.52.